The lowest BCUT2D eigenvalue weighted by Crippen LogP contribution is -2.29. The van der Waals surface area contributed by atoms with Gasteiger partial charge in [-0.1, -0.05) is 158 Å². The second-order valence-corrected chi connectivity index (χ2v) is 15.8. The van der Waals surface area contributed by atoms with Gasteiger partial charge in [-0.15, -0.1) is 0 Å². The number of fused-ring (bicyclic) bond motifs is 10. The van der Waals surface area contributed by atoms with Crippen molar-refractivity contribution in [2.75, 3.05) is 0 Å². The highest BCUT2D eigenvalue weighted by atomic mass is 16.5. The topological polar surface area (TPSA) is 19.1 Å². The van der Waals surface area contributed by atoms with Gasteiger partial charge in [0, 0.05) is 38.7 Å². The SMILES string of the molecule is CC1(c2ccccc2)c2ccc3c(c2Oc2ccc4c(c21)c1ccccc1n4-c1cccc(-c2ccccc2)c1)c1ccccc1n3-c1ccc(-c2ccccc2)cc1. The van der Waals surface area contributed by atoms with Crippen LogP contribution in [0.1, 0.15) is 23.6 Å². The lowest BCUT2D eigenvalue weighted by Gasteiger charge is -2.39. The Labute approximate surface area is 342 Å². The minimum atomic E-state index is -0.556. The zero-order chi connectivity index (χ0) is 39.1. The van der Waals surface area contributed by atoms with Crippen molar-refractivity contribution in [2.24, 2.45) is 0 Å². The van der Waals surface area contributed by atoms with Crippen molar-refractivity contribution < 1.29 is 4.74 Å². The van der Waals surface area contributed by atoms with Gasteiger partial charge in [-0.2, -0.15) is 0 Å². The molecule has 59 heavy (non-hydrogen) atoms. The molecule has 2 aromatic heterocycles. The molecule has 3 heterocycles. The molecule has 12 rings (SSSR count). The van der Waals surface area contributed by atoms with Crippen molar-refractivity contribution in [3.8, 4) is 45.1 Å². The lowest BCUT2D eigenvalue weighted by molar-refractivity contribution is 0.435. The van der Waals surface area contributed by atoms with Gasteiger partial charge in [-0.05, 0) is 89.3 Å². The molecule has 0 radical (unpaired) electrons. The molecule has 0 aliphatic carbocycles. The van der Waals surface area contributed by atoms with Crippen LogP contribution in [0.5, 0.6) is 11.5 Å². The Balaban J connectivity index is 1.12. The van der Waals surface area contributed by atoms with Crippen molar-refractivity contribution in [3.05, 3.63) is 229 Å². The van der Waals surface area contributed by atoms with Crippen LogP contribution in [0.4, 0.5) is 0 Å². The molecule has 0 saturated heterocycles. The van der Waals surface area contributed by atoms with E-state index in [1.54, 1.807) is 0 Å². The number of nitrogens with zero attached hydrogens (tertiary/aromatic N) is 2. The number of benzene rings is 9. The molecule has 1 unspecified atom stereocenters. The van der Waals surface area contributed by atoms with Crippen LogP contribution in [0.2, 0.25) is 0 Å². The number of para-hydroxylation sites is 2. The second kappa shape index (κ2) is 13.0. The largest absolute Gasteiger partial charge is 0.456 e. The molecule has 0 amide bonds. The number of ether oxygens (including phenoxy) is 1. The summed E-state index contributed by atoms with van der Waals surface area (Å²) in [5.41, 5.74) is 14.6. The number of hydrogen-bond acceptors (Lipinski definition) is 1. The number of aromatic nitrogens is 2. The molecule has 0 bridgehead atoms. The van der Waals surface area contributed by atoms with Crippen LogP contribution in [0, 0.1) is 0 Å². The fourth-order valence-electron chi connectivity index (χ4n) is 9.91. The summed E-state index contributed by atoms with van der Waals surface area (Å²) < 4.78 is 12.2. The van der Waals surface area contributed by atoms with Gasteiger partial charge < -0.3 is 13.9 Å². The van der Waals surface area contributed by atoms with E-state index in [0.717, 1.165) is 50.4 Å². The average Bonchev–Trinajstić information content (AvgIpc) is 3.83. The summed E-state index contributed by atoms with van der Waals surface area (Å²) in [6.45, 7) is 2.40. The lowest BCUT2D eigenvalue weighted by atomic mass is 9.67. The molecule has 3 nitrogen and oxygen atoms in total. The first-order chi connectivity index (χ1) is 29.2. The quantitative estimate of drug-likeness (QED) is 0.171. The molecule has 0 fully saturated rings. The zero-order valence-electron chi connectivity index (χ0n) is 32.5. The molecule has 1 atom stereocenters. The molecule has 278 valence electrons. The smallest absolute Gasteiger partial charge is 0.141 e. The first-order valence-electron chi connectivity index (χ1n) is 20.4. The predicted molar refractivity (Wildman–Crippen MR) is 245 cm³/mol. The minimum Gasteiger partial charge on any atom is -0.456 e. The van der Waals surface area contributed by atoms with Crippen molar-refractivity contribution in [2.45, 2.75) is 12.3 Å². The highest BCUT2D eigenvalue weighted by Crippen LogP contribution is 2.58. The maximum Gasteiger partial charge on any atom is 0.141 e. The molecule has 0 spiro atoms. The fourth-order valence-corrected chi connectivity index (χ4v) is 9.91. The molecule has 11 aromatic rings. The normalized spacial score (nSPS) is 14.7. The third-order valence-electron chi connectivity index (χ3n) is 12.6. The van der Waals surface area contributed by atoms with Crippen molar-refractivity contribution in [1.29, 1.82) is 0 Å². The second-order valence-electron chi connectivity index (χ2n) is 15.8. The molecular formula is C56H38N2O. The van der Waals surface area contributed by atoms with Crippen molar-refractivity contribution in [3.63, 3.8) is 0 Å². The van der Waals surface area contributed by atoms with E-state index in [2.05, 4.69) is 228 Å². The van der Waals surface area contributed by atoms with Gasteiger partial charge in [0.15, 0.2) is 0 Å². The molecule has 9 aromatic carbocycles. The molecular weight excluding hydrogens is 717 g/mol. The molecule has 1 aliphatic rings. The van der Waals surface area contributed by atoms with E-state index in [0.29, 0.717) is 0 Å². The van der Waals surface area contributed by atoms with E-state index in [1.807, 2.05) is 0 Å². The maximum atomic E-state index is 7.37. The Hall–Kier alpha value is -7.62. The molecule has 0 saturated carbocycles. The molecule has 0 N–H and O–H groups in total. The number of hydrogen-bond donors (Lipinski definition) is 0. The van der Waals surface area contributed by atoms with E-state index >= 15 is 0 Å². The standard InChI is InChI=1S/C56H38N2O/c1-56(41-21-9-4-10-22-41)46-32-33-50-53(45-25-12-14-27-48(45)57(50)42-30-28-39(29-31-42)37-16-5-2-6-17-37)55(46)59-51-35-34-49-52(54(51)56)44-24-11-13-26-47(44)58(49)43-23-15-20-40(36-43)38-18-7-3-8-19-38/h2-36H,1H3. The predicted octanol–water partition coefficient (Wildman–Crippen LogP) is 14.7. The van der Waals surface area contributed by atoms with Crippen LogP contribution in [0.15, 0.2) is 212 Å². The summed E-state index contributed by atoms with van der Waals surface area (Å²) in [5, 5.41) is 4.70. The molecule has 3 heteroatoms. The van der Waals surface area contributed by atoms with Crippen LogP contribution in [-0.4, -0.2) is 9.13 Å². The van der Waals surface area contributed by atoms with Gasteiger partial charge in [0.05, 0.1) is 32.9 Å². The highest BCUT2D eigenvalue weighted by molar-refractivity contribution is 6.15. The first kappa shape index (κ1) is 33.5. The summed E-state index contributed by atoms with van der Waals surface area (Å²) in [6.07, 6.45) is 0. The Morgan fingerprint density at radius 3 is 1.61 bits per heavy atom. The van der Waals surface area contributed by atoms with Gasteiger partial charge in [0.1, 0.15) is 11.5 Å². The third kappa shape index (κ3) is 4.95. The van der Waals surface area contributed by atoms with Crippen LogP contribution in [-0.2, 0) is 5.41 Å². The summed E-state index contributed by atoms with van der Waals surface area (Å²) in [6, 6.07) is 76.7. The van der Waals surface area contributed by atoms with Gasteiger partial charge in [0.2, 0.25) is 0 Å². The summed E-state index contributed by atoms with van der Waals surface area (Å²) >= 11 is 0. The van der Waals surface area contributed by atoms with Crippen LogP contribution >= 0.6 is 0 Å². The number of rotatable bonds is 5. The van der Waals surface area contributed by atoms with Crippen LogP contribution < -0.4 is 4.74 Å². The minimum absolute atomic E-state index is 0.556. The van der Waals surface area contributed by atoms with Crippen LogP contribution in [0.3, 0.4) is 0 Å². The fraction of sp³-hybridized carbons (Fsp3) is 0.0357. The molecule has 1 aliphatic heterocycles. The first-order valence-corrected chi connectivity index (χ1v) is 20.4. The third-order valence-corrected chi connectivity index (χ3v) is 12.6. The Morgan fingerprint density at radius 2 is 0.915 bits per heavy atom. The Kier molecular flexibility index (Phi) is 7.36. The van der Waals surface area contributed by atoms with E-state index in [4.69, 9.17) is 4.74 Å². The van der Waals surface area contributed by atoms with E-state index in [1.165, 1.54) is 55.1 Å². The van der Waals surface area contributed by atoms with E-state index < -0.39 is 5.41 Å². The van der Waals surface area contributed by atoms with Crippen molar-refractivity contribution in [1.82, 2.24) is 9.13 Å². The zero-order valence-corrected chi connectivity index (χ0v) is 32.5. The van der Waals surface area contributed by atoms with Gasteiger partial charge in [-0.3, -0.25) is 0 Å². The monoisotopic (exact) mass is 754 g/mol. The van der Waals surface area contributed by atoms with E-state index in [9.17, 15) is 0 Å². The summed E-state index contributed by atoms with van der Waals surface area (Å²) in [4.78, 5) is 0. The summed E-state index contributed by atoms with van der Waals surface area (Å²) in [5.74, 6) is 1.80. The summed E-state index contributed by atoms with van der Waals surface area (Å²) in [7, 11) is 0. The maximum absolute atomic E-state index is 7.37. The van der Waals surface area contributed by atoms with Gasteiger partial charge >= 0.3 is 0 Å². The average molecular weight is 755 g/mol. The highest BCUT2D eigenvalue weighted by Gasteiger charge is 2.43. The van der Waals surface area contributed by atoms with Crippen molar-refractivity contribution >= 4 is 43.6 Å². The van der Waals surface area contributed by atoms with Crippen LogP contribution in [0.25, 0.3) is 77.2 Å². The Bertz CT molecular complexity index is 3400. The van der Waals surface area contributed by atoms with Gasteiger partial charge in [-0.25, -0.2) is 0 Å². The van der Waals surface area contributed by atoms with Gasteiger partial charge in [0.25, 0.3) is 0 Å². The Morgan fingerprint density at radius 1 is 0.390 bits per heavy atom. The van der Waals surface area contributed by atoms with E-state index in [-0.39, 0.29) is 0 Å².